The Morgan fingerprint density at radius 2 is 2.05 bits per heavy atom. The molecule has 5 N–H and O–H groups in total. The number of carbonyl (C=O) groups is 3. The first-order valence-electron chi connectivity index (χ1n) is 5.33. The highest BCUT2D eigenvalue weighted by Crippen LogP contribution is 2.25. The van der Waals surface area contributed by atoms with E-state index >= 15 is 0 Å². The molecular weight excluding hydrogens is 353 g/mol. The normalized spacial score (nSPS) is 11.5. The van der Waals surface area contributed by atoms with Gasteiger partial charge in [-0.3, -0.25) is 4.79 Å². The van der Waals surface area contributed by atoms with Crippen molar-refractivity contribution in [2.75, 3.05) is 5.32 Å². The predicted octanol–water partition coefficient (Wildman–Crippen LogP) is 1.55. The summed E-state index contributed by atoms with van der Waals surface area (Å²) in [6, 6.07) is 2.53. The van der Waals surface area contributed by atoms with Gasteiger partial charge in [0.05, 0.1) is 12.1 Å². The number of rotatable bonds is 5. The van der Waals surface area contributed by atoms with Gasteiger partial charge in [-0.05, 0) is 34.1 Å². The second kappa shape index (κ2) is 7.11. The van der Waals surface area contributed by atoms with Crippen molar-refractivity contribution < 1.29 is 19.5 Å². The van der Waals surface area contributed by atoms with Gasteiger partial charge in [-0.1, -0.05) is 11.6 Å². The molecule has 20 heavy (non-hydrogen) atoms. The van der Waals surface area contributed by atoms with Gasteiger partial charge in [0.1, 0.15) is 6.04 Å². The van der Waals surface area contributed by atoms with E-state index in [0.717, 1.165) is 0 Å². The molecule has 1 aromatic rings. The number of primary amides is 1. The number of nitrogens with two attached hydrogens (primary N) is 1. The molecular formula is C11H11BrClN3O4. The molecule has 3 amide bonds. The molecule has 0 fully saturated rings. The van der Waals surface area contributed by atoms with Crippen LogP contribution in [0.15, 0.2) is 22.7 Å². The van der Waals surface area contributed by atoms with E-state index in [4.69, 9.17) is 22.4 Å². The number of carboxylic acid groups (broad SMARTS) is 1. The second-order valence-electron chi connectivity index (χ2n) is 3.78. The molecule has 0 saturated heterocycles. The summed E-state index contributed by atoms with van der Waals surface area (Å²) in [4.78, 5) is 33.2. The van der Waals surface area contributed by atoms with E-state index in [1.54, 1.807) is 12.1 Å². The predicted molar refractivity (Wildman–Crippen MR) is 76.5 cm³/mol. The summed E-state index contributed by atoms with van der Waals surface area (Å²) in [6.07, 6.45) is -0.501. The van der Waals surface area contributed by atoms with Crippen molar-refractivity contribution >= 4 is 51.1 Å². The standard InChI is InChI=1S/C11H11BrClN3O4/c12-6-2-1-5(13)3-7(6)15-11(20)16-8(10(18)19)4-9(14)17/h1-3,8H,4H2,(H2,14,17)(H,18,19)(H2,15,16,20)/t8-/m0/s1. The van der Waals surface area contributed by atoms with E-state index < -0.39 is 30.4 Å². The third-order valence-electron chi connectivity index (χ3n) is 2.19. The van der Waals surface area contributed by atoms with Crippen molar-refractivity contribution in [1.29, 1.82) is 0 Å². The minimum absolute atomic E-state index is 0.359. The lowest BCUT2D eigenvalue weighted by molar-refractivity contribution is -0.140. The number of nitrogens with one attached hydrogen (secondary N) is 2. The lowest BCUT2D eigenvalue weighted by Crippen LogP contribution is -2.45. The SMILES string of the molecule is NC(=O)C[C@H](NC(=O)Nc1cc(Cl)ccc1Br)C(=O)O. The van der Waals surface area contributed by atoms with Crippen LogP contribution in [0.2, 0.25) is 5.02 Å². The summed E-state index contributed by atoms with van der Waals surface area (Å²) in [5, 5.41) is 13.8. The molecule has 0 bridgehead atoms. The van der Waals surface area contributed by atoms with E-state index in [1.807, 2.05) is 0 Å². The fraction of sp³-hybridized carbons (Fsp3) is 0.182. The Bertz CT molecular complexity index is 552. The largest absolute Gasteiger partial charge is 0.480 e. The topological polar surface area (TPSA) is 122 Å². The molecule has 0 heterocycles. The third-order valence-corrected chi connectivity index (χ3v) is 3.11. The molecule has 0 aromatic heterocycles. The number of anilines is 1. The number of urea groups is 1. The van der Waals surface area contributed by atoms with Crippen LogP contribution in [0, 0.1) is 0 Å². The Balaban J connectivity index is 2.72. The van der Waals surface area contributed by atoms with Gasteiger partial charge in [-0.15, -0.1) is 0 Å². The Hall–Kier alpha value is -1.80. The molecule has 0 aliphatic heterocycles. The summed E-state index contributed by atoms with van der Waals surface area (Å²) in [5.41, 5.74) is 5.26. The van der Waals surface area contributed by atoms with Crippen LogP contribution in [-0.2, 0) is 9.59 Å². The van der Waals surface area contributed by atoms with Crippen LogP contribution in [-0.4, -0.2) is 29.1 Å². The van der Waals surface area contributed by atoms with Gasteiger partial charge < -0.3 is 21.5 Å². The number of hydrogen-bond donors (Lipinski definition) is 4. The fourth-order valence-corrected chi connectivity index (χ4v) is 1.83. The first-order valence-corrected chi connectivity index (χ1v) is 6.50. The minimum Gasteiger partial charge on any atom is -0.480 e. The average Bonchev–Trinajstić information content (AvgIpc) is 2.32. The van der Waals surface area contributed by atoms with Crippen molar-refractivity contribution in [3.8, 4) is 0 Å². The van der Waals surface area contributed by atoms with Gasteiger partial charge >= 0.3 is 12.0 Å². The summed E-state index contributed by atoms with van der Waals surface area (Å²) >= 11 is 8.98. The van der Waals surface area contributed by atoms with Crippen molar-refractivity contribution in [2.24, 2.45) is 5.73 Å². The van der Waals surface area contributed by atoms with Crippen molar-refractivity contribution in [3.63, 3.8) is 0 Å². The Kier molecular flexibility index (Phi) is 5.78. The maximum atomic E-state index is 11.7. The maximum Gasteiger partial charge on any atom is 0.326 e. The molecule has 0 spiro atoms. The second-order valence-corrected chi connectivity index (χ2v) is 5.07. The van der Waals surface area contributed by atoms with Crippen LogP contribution in [0.5, 0.6) is 0 Å². The highest BCUT2D eigenvalue weighted by molar-refractivity contribution is 9.10. The monoisotopic (exact) mass is 363 g/mol. The fourth-order valence-electron chi connectivity index (χ4n) is 1.31. The van der Waals surface area contributed by atoms with E-state index in [0.29, 0.717) is 15.2 Å². The number of amides is 3. The Morgan fingerprint density at radius 3 is 2.60 bits per heavy atom. The van der Waals surface area contributed by atoms with Crippen molar-refractivity contribution in [2.45, 2.75) is 12.5 Å². The average molecular weight is 365 g/mol. The van der Waals surface area contributed by atoms with Crippen LogP contribution in [0.3, 0.4) is 0 Å². The maximum absolute atomic E-state index is 11.7. The number of carbonyl (C=O) groups excluding carboxylic acids is 2. The van der Waals surface area contributed by atoms with Gasteiger partial charge in [0, 0.05) is 9.50 Å². The van der Waals surface area contributed by atoms with Crippen molar-refractivity contribution in [1.82, 2.24) is 5.32 Å². The number of aliphatic carboxylic acids is 1. The van der Waals surface area contributed by atoms with Crippen LogP contribution in [0.1, 0.15) is 6.42 Å². The smallest absolute Gasteiger partial charge is 0.326 e. The van der Waals surface area contributed by atoms with Gasteiger partial charge in [0.2, 0.25) is 5.91 Å². The van der Waals surface area contributed by atoms with E-state index in [2.05, 4.69) is 26.6 Å². The van der Waals surface area contributed by atoms with Crippen molar-refractivity contribution in [3.05, 3.63) is 27.7 Å². The highest BCUT2D eigenvalue weighted by atomic mass is 79.9. The van der Waals surface area contributed by atoms with Crippen LogP contribution in [0.25, 0.3) is 0 Å². The quantitative estimate of drug-likeness (QED) is 0.633. The van der Waals surface area contributed by atoms with Gasteiger partial charge in [0.15, 0.2) is 0 Å². The molecule has 0 unspecified atom stereocenters. The molecule has 1 rings (SSSR count). The number of halogens is 2. The molecule has 7 nitrogen and oxygen atoms in total. The molecule has 108 valence electrons. The van der Waals surface area contributed by atoms with Gasteiger partial charge in [-0.25, -0.2) is 9.59 Å². The minimum atomic E-state index is -1.40. The van der Waals surface area contributed by atoms with E-state index in [1.165, 1.54) is 6.07 Å². The zero-order valence-electron chi connectivity index (χ0n) is 10.0. The molecule has 0 saturated carbocycles. The molecule has 1 atom stereocenters. The van der Waals surface area contributed by atoms with E-state index in [-0.39, 0.29) is 0 Å². The Morgan fingerprint density at radius 1 is 1.40 bits per heavy atom. The first kappa shape index (κ1) is 16.3. The molecule has 0 radical (unpaired) electrons. The summed E-state index contributed by atoms with van der Waals surface area (Å²) in [7, 11) is 0. The highest BCUT2D eigenvalue weighted by Gasteiger charge is 2.22. The van der Waals surface area contributed by atoms with E-state index in [9.17, 15) is 14.4 Å². The van der Waals surface area contributed by atoms with Gasteiger partial charge in [0.25, 0.3) is 0 Å². The lowest BCUT2D eigenvalue weighted by atomic mass is 10.2. The summed E-state index contributed by atoms with van der Waals surface area (Å²) < 4.78 is 0.568. The molecule has 0 aliphatic rings. The third kappa shape index (κ3) is 5.06. The number of benzene rings is 1. The lowest BCUT2D eigenvalue weighted by Gasteiger charge is -2.14. The number of hydrogen-bond acceptors (Lipinski definition) is 3. The zero-order valence-corrected chi connectivity index (χ0v) is 12.4. The first-order chi connectivity index (χ1) is 9.29. The number of carboxylic acids is 1. The Labute approximate surface area is 127 Å². The zero-order chi connectivity index (χ0) is 15.3. The van der Waals surface area contributed by atoms with Crippen LogP contribution < -0.4 is 16.4 Å². The van der Waals surface area contributed by atoms with Crippen LogP contribution in [0.4, 0.5) is 10.5 Å². The molecule has 0 aliphatic carbocycles. The van der Waals surface area contributed by atoms with Crippen LogP contribution >= 0.6 is 27.5 Å². The summed E-state index contributed by atoms with van der Waals surface area (Å²) in [6.45, 7) is 0. The van der Waals surface area contributed by atoms with Gasteiger partial charge in [-0.2, -0.15) is 0 Å². The molecule has 9 heteroatoms. The summed E-state index contributed by atoms with van der Waals surface area (Å²) in [5.74, 6) is -2.19. The molecule has 1 aromatic carbocycles.